The summed E-state index contributed by atoms with van der Waals surface area (Å²) in [5.74, 6) is 0.242. The summed E-state index contributed by atoms with van der Waals surface area (Å²) in [6.07, 6.45) is 4.58. The minimum absolute atomic E-state index is 0.136. The molecule has 1 fully saturated rings. The molecule has 0 unspecified atom stereocenters. The van der Waals surface area contributed by atoms with Crippen LogP contribution in [-0.2, 0) is 9.53 Å². The number of methoxy groups -OCH3 is 1. The minimum atomic E-state index is -0.284. The molecule has 176 valence electrons. The third kappa shape index (κ3) is 7.21. The van der Waals surface area contributed by atoms with Crippen LogP contribution in [0.5, 0.6) is 0 Å². The van der Waals surface area contributed by atoms with Gasteiger partial charge < -0.3 is 15.4 Å². The van der Waals surface area contributed by atoms with Crippen LogP contribution in [-0.4, -0.2) is 38.0 Å². The molecule has 2 N–H and O–H groups in total. The van der Waals surface area contributed by atoms with Gasteiger partial charge in [0.25, 0.3) is 11.8 Å². The highest BCUT2D eigenvalue weighted by molar-refractivity contribution is 6.42. The average molecular weight is 491 g/mol. The smallest absolute Gasteiger partial charge is 0.305 e. The number of ether oxygens (including phenoxy) is 1. The molecule has 2 aromatic rings. The average Bonchev–Trinajstić information content (AvgIpc) is 2.83. The molecule has 6 nitrogen and oxygen atoms in total. The number of carbonyl (C=O) groups excluding carboxylic acids is 3. The van der Waals surface area contributed by atoms with E-state index < -0.39 is 0 Å². The van der Waals surface area contributed by atoms with E-state index in [9.17, 15) is 14.4 Å². The first-order valence-corrected chi connectivity index (χ1v) is 11.8. The zero-order chi connectivity index (χ0) is 23.8. The van der Waals surface area contributed by atoms with Crippen LogP contribution in [0.1, 0.15) is 64.3 Å². The molecule has 1 aliphatic rings. The van der Waals surface area contributed by atoms with E-state index in [2.05, 4.69) is 10.6 Å². The van der Waals surface area contributed by atoms with Crippen LogP contribution in [0.25, 0.3) is 0 Å². The third-order valence-corrected chi connectivity index (χ3v) is 6.79. The molecule has 0 atom stereocenters. The van der Waals surface area contributed by atoms with E-state index in [1.165, 1.54) is 18.7 Å². The summed E-state index contributed by atoms with van der Waals surface area (Å²) in [5, 5.41) is 6.25. The van der Waals surface area contributed by atoms with Gasteiger partial charge in [-0.15, -0.1) is 0 Å². The van der Waals surface area contributed by atoms with E-state index in [0.29, 0.717) is 46.0 Å². The Morgan fingerprint density at radius 2 is 1.42 bits per heavy atom. The number of hydrogen-bond donors (Lipinski definition) is 2. The normalized spacial score (nSPS) is 17.8. The maximum atomic E-state index is 12.4. The van der Waals surface area contributed by atoms with Crippen LogP contribution >= 0.6 is 23.2 Å². The van der Waals surface area contributed by atoms with Crippen molar-refractivity contribution >= 4 is 41.0 Å². The molecule has 0 spiro atoms. The van der Waals surface area contributed by atoms with Gasteiger partial charge in [0.15, 0.2) is 0 Å². The summed E-state index contributed by atoms with van der Waals surface area (Å²) < 4.78 is 4.77. The predicted molar refractivity (Wildman–Crippen MR) is 129 cm³/mol. The maximum Gasteiger partial charge on any atom is 0.305 e. The molecule has 2 aromatic carbocycles. The fraction of sp³-hybridized carbons (Fsp3) is 0.400. The number of amides is 2. The third-order valence-electron chi connectivity index (χ3n) is 6.05. The Kier molecular flexibility index (Phi) is 9.15. The number of halogens is 2. The van der Waals surface area contributed by atoms with E-state index in [0.717, 1.165) is 25.7 Å². The molecule has 1 saturated carbocycles. The molecular weight excluding hydrogens is 463 g/mol. The zero-order valence-corrected chi connectivity index (χ0v) is 20.0. The Balaban J connectivity index is 1.41. The molecule has 0 heterocycles. The SMILES string of the molecule is COC(=O)CC1CCC(c2ccc(C(=O)NCCNC(=O)c3ccc(Cl)c(Cl)c3)cc2)CC1. The van der Waals surface area contributed by atoms with Crippen molar-refractivity contribution in [1.29, 1.82) is 0 Å². The van der Waals surface area contributed by atoms with E-state index in [1.807, 2.05) is 24.3 Å². The van der Waals surface area contributed by atoms with Crippen LogP contribution in [0.4, 0.5) is 0 Å². The molecule has 0 radical (unpaired) electrons. The standard InChI is InChI=1S/C25H28Cl2N2O4/c1-33-23(30)14-16-2-4-17(5-3-16)18-6-8-19(9-7-18)24(31)28-12-13-29-25(32)20-10-11-21(26)22(27)15-20/h6-11,15-17H,2-5,12-14H2,1H3,(H,28,31)(H,29,32). The van der Waals surface area contributed by atoms with E-state index in [-0.39, 0.29) is 24.3 Å². The van der Waals surface area contributed by atoms with Crippen LogP contribution in [0, 0.1) is 5.92 Å². The van der Waals surface area contributed by atoms with Crippen LogP contribution in [0.3, 0.4) is 0 Å². The molecular formula is C25H28Cl2N2O4. The maximum absolute atomic E-state index is 12.4. The second kappa shape index (κ2) is 12.1. The minimum Gasteiger partial charge on any atom is -0.469 e. The van der Waals surface area contributed by atoms with E-state index >= 15 is 0 Å². The Morgan fingerprint density at radius 3 is 2.00 bits per heavy atom. The summed E-state index contributed by atoms with van der Waals surface area (Å²) >= 11 is 11.8. The zero-order valence-electron chi connectivity index (χ0n) is 18.5. The van der Waals surface area contributed by atoms with Gasteiger partial charge in [-0.2, -0.15) is 0 Å². The van der Waals surface area contributed by atoms with Crippen molar-refractivity contribution in [3.63, 3.8) is 0 Å². The Bertz CT molecular complexity index is 986. The summed E-state index contributed by atoms with van der Waals surface area (Å²) in [7, 11) is 1.43. The van der Waals surface area contributed by atoms with E-state index in [4.69, 9.17) is 27.9 Å². The molecule has 0 saturated heterocycles. The van der Waals surface area contributed by atoms with Crippen molar-refractivity contribution in [2.24, 2.45) is 5.92 Å². The fourth-order valence-corrected chi connectivity index (χ4v) is 4.42. The van der Waals surface area contributed by atoms with Gasteiger partial charge in [0.2, 0.25) is 0 Å². The summed E-state index contributed by atoms with van der Waals surface area (Å²) in [6.45, 7) is 0.593. The number of nitrogens with one attached hydrogen (secondary N) is 2. The highest BCUT2D eigenvalue weighted by atomic mass is 35.5. The second-order valence-electron chi connectivity index (χ2n) is 8.26. The van der Waals surface area contributed by atoms with Crippen molar-refractivity contribution in [2.75, 3.05) is 20.2 Å². The molecule has 0 bridgehead atoms. The van der Waals surface area contributed by atoms with Crippen molar-refractivity contribution in [3.05, 3.63) is 69.2 Å². The summed E-state index contributed by atoms with van der Waals surface area (Å²) in [5.41, 5.74) is 2.21. The van der Waals surface area contributed by atoms with E-state index in [1.54, 1.807) is 12.1 Å². The predicted octanol–water partition coefficient (Wildman–Crippen LogP) is 4.99. The highest BCUT2D eigenvalue weighted by Crippen LogP contribution is 2.37. The van der Waals surface area contributed by atoms with Gasteiger partial charge in [-0.1, -0.05) is 35.3 Å². The van der Waals surface area contributed by atoms with Crippen molar-refractivity contribution in [2.45, 2.75) is 38.0 Å². The Hall–Kier alpha value is -2.57. The first kappa shape index (κ1) is 25.1. The van der Waals surface area contributed by atoms with Crippen molar-refractivity contribution < 1.29 is 19.1 Å². The van der Waals surface area contributed by atoms with Gasteiger partial charge in [0.1, 0.15) is 0 Å². The topological polar surface area (TPSA) is 84.5 Å². The van der Waals surface area contributed by atoms with Gasteiger partial charge in [-0.3, -0.25) is 14.4 Å². The lowest BCUT2D eigenvalue weighted by Crippen LogP contribution is -2.34. The first-order chi connectivity index (χ1) is 15.9. The second-order valence-corrected chi connectivity index (χ2v) is 9.08. The van der Waals surface area contributed by atoms with Gasteiger partial charge in [-0.25, -0.2) is 0 Å². The summed E-state index contributed by atoms with van der Waals surface area (Å²) in [4.78, 5) is 36.0. The van der Waals surface area contributed by atoms with Gasteiger partial charge in [-0.05, 0) is 73.4 Å². The lowest BCUT2D eigenvalue weighted by molar-refractivity contribution is -0.142. The molecule has 1 aliphatic carbocycles. The lowest BCUT2D eigenvalue weighted by atomic mass is 9.77. The highest BCUT2D eigenvalue weighted by Gasteiger charge is 2.24. The number of esters is 1. The first-order valence-electron chi connectivity index (χ1n) is 11.1. The largest absolute Gasteiger partial charge is 0.469 e. The molecule has 8 heteroatoms. The van der Waals surface area contributed by atoms with Gasteiger partial charge in [0, 0.05) is 30.6 Å². The number of benzene rings is 2. The number of rotatable bonds is 8. The molecule has 33 heavy (non-hydrogen) atoms. The van der Waals surface area contributed by atoms with Crippen molar-refractivity contribution in [1.82, 2.24) is 10.6 Å². The Labute approximate surface area is 204 Å². The lowest BCUT2D eigenvalue weighted by Gasteiger charge is -2.28. The fourth-order valence-electron chi connectivity index (χ4n) is 4.12. The molecule has 0 aliphatic heterocycles. The molecule has 0 aromatic heterocycles. The van der Waals surface area contributed by atoms with Gasteiger partial charge in [0.05, 0.1) is 17.2 Å². The Morgan fingerprint density at radius 1 is 0.848 bits per heavy atom. The number of carbonyl (C=O) groups is 3. The van der Waals surface area contributed by atoms with Crippen LogP contribution < -0.4 is 10.6 Å². The van der Waals surface area contributed by atoms with Crippen LogP contribution in [0.2, 0.25) is 10.0 Å². The molecule has 3 rings (SSSR count). The number of hydrogen-bond acceptors (Lipinski definition) is 4. The van der Waals surface area contributed by atoms with Crippen molar-refractivity contribution in [3.8, 4) is 0 Å². The quantitative estimate of drug-likeness (QED) is 0.403. The molecule has 2 amide bonds. The summed E-state index contributed by atoms with van der Waals surface area (Å²) in [6, 6.07) is 12.3. The monoisotopic (exact) mass is 490 g/mol. The van der Waals surface area contributed by atoms with Gasteiger partial charge >= 0.3 is 5.97 Å². The van der Waals surface area contributed by atoms with Crippen LogP contribution in [0.15, 0.2) is 42.5 Å².